The Hall–Kier alpha value is -2.24. The molecule has 0 fully saturated rings. The van der Waals surface area contributed by atoms with Gasteiger partial charge in [-0.15, -0.1) is 0 Å². The first kappa shape index (κ1) is 18.1. The topological polar surface area (TPSA) is 81.3 Å². The van der Waals surface area contributed by atoms with Crippen molar-refractivity contribution in [3.8, 4) is 0 Å². The fourth-order valence-electron chi connectivity index (χ4n) is 2.12. The maximum Gasteiger partial charge on any atom is 0.319 e. The second kappa shape index (κ2) is 8.04. The Labute approximate surface area is 149 Å². The lowest BCUT2D eigenvalue weighted by Crippen LogP contribution is -2.36. The lowest BCUT2D eigenvalue weighted by Gasteiger charge is -2.20. The molecule has 0 aromatic heterocycles. The zero-order valence-corrected chi connectivity index (χ0v) is 14.3. The van der Waals surface area contributed by atoms with Gasteiger partial charge in [-0.05, 0) is 30.7 Å². The third-order valence-electron chi connectivity index (χ3n) is 3.33. The fourth-order valence-corrected chi connectivity index (χ4v) is 2.42. The third kappa shape index (κ3) is 5.15. The molecule has 2 aromatic carbocycles. The lowest BCUT2D eigenvalue weighted by atomic mass is 10.0. The number of carbonyl (C=O) groups excluding carboxylic acids is 2. The zero-order chi connectivity index (χ0) is 17.7. The van der Waals surface area contributed by atoms with E-state index >= 15 is 0 Å². The molecule has 0 saturated heterocycles. The summed E-state index contributed by atoms with van der Waals surface area (Å²) >= 11 is 11.7. The highest BCUT2D eigenvalue weighted by Crippen LogP contribution is 2.25. The van der Waals surface area contributed by atoms with E-state index in [9.17, 15) is 14.7 Å². The molecule has 2 rings (SSSR count). The molecule has 24 heavy (non-hydrogen) atoms. The predicted molar refractivity (Wildman–Crippen MR) is 92.2 cm³/mol. The molecule has 2 aromatic rings. The summed E-state index contributed by atoms with van der Waals surface area (Å²) in [5.74, 6) is -1.25. The quantitative estimate of drug-likeness (QED) is 0.852. The van der Waals surface area contributed by atoms with Gasteiger partial charge < -0.3 is 20.5 Å². The van der Waals surface area contributed by atoms with E-state index in [-0.39, 0.29) is 6.42 Å². The van der Waals surface area contributed by atoms with Crippen molar-refractivity contribution in [2.24, 2.45) is 0 Å². The third-order valence-corrected chi connectivity index (χ3v) is 4.07. The summed E-state index contributed by atoms with van der Waals surface area (Å²) in [5, 5.41) is 16.8. The number of aryl methyl sites for hydroxylation is 1. The Morgan fingerprint density at radius 2 is 1.75 bits per heavy atom. The van der Waals surface area contributed by atoms with Gasteiger partial charge in [-0.25, -0.2) is 4.79 Å². The second-order valence-corrected chi connectivity index (χ2v) is 6.08. The molecule has 0 unspecified atom stereocenters. The minimum absolute atomic E-state index is 0.305. The van der Waals surface area contributed by atoms with E-state index in [1.807, 2.05) is 19.1 Å². The van der Waals surface area contributed by atoms with Crippen LogP contribution in [0.2, 0.25) is 10.0 Å². The number of carboxylic acid groups (broad SMARTS) is 1. The van der Waals surface area contributed by atoms with Crippen molar-refractivity contribution >= 4 is 40.9 Å². The highest BCUT2D eigenvalue weighted by Gasteiger charge is 2.15. The molecule has 2 N–H and O–H groups in total. The summed E-state index contributed by atoms with van der Waals surface area (Å²) in [7, 11) is 0. The van der Waals surface area contributed by atoms with Crippen molar-refractivity contribution in [3.63, 3.8) is 0 Å². The molecule has 0 aliphatic carbocycles. The number of rotatable bonds is 5. The number of amides is 2. The molecule has 5 nitrogen and oxygen atoms in total. The monoisotopic (exact) mass is 365 g/mol. The minimum atomic E-state index is -1.25. The van der Waals surface area contributed by atoms with Gasteiger partial charge in [0, 0.05) is 18.1 Å². The maximum atomic E-state index is 12.1. The molecule has 0 aliphatic rings. The van der Waals surface area contributed by atoms with E-state index in [0.717, 1.165) is 5.56 Å². The van der Waals surface area contributed by atoms with Crippen LogP contribution in [-0.4, -0.2) is 12.0 Å². The molecule has 0 aliphatic heterocycles. The standard InChI is InChI=1S/C17H16Cl2N2O3/c1-10-2-4-11(5-3-10)15(9-16(22)23)21-17(24)20-12-6-7-13(18)14(19)8-12/h2-8,15H,9H2,1H3,(H,22,23)(H2,20,21,24)/p-1/t15-/m0/s1. The van der Waals surface area contributed by atoms with Crippen LogP contribution in [0, 0.1) is 6.92 Å². The smallest absolute Gasteiger partial charge is 0.319 e. The summed E-state index contributed by atoms with van der Waals surface area (Å²) in [5.41, 5.74) is 2.15. The Morgan fingerprint density at radius 1 is 1.08 bits per heavy atom. The van der Waals surface area contributed by atoms with E-state index in [4.69, 9.17) is 23.2 Å². The molecule has 0 heterocycles. The molecule has 126 valence electrons. The average Bonchev–Trinajstić information content (AvgIpc) is 2.50. The number of hydrogen-bond donors (Lipinski definition) is 2. The van der Waals surface area contributed by atoms with Crippen LogP contribution in [0.15, 0.2) is 42.5 Å². The SMILES string of the molecule is Cc1ccc([C@H](CC(=O)[O-])NC(=O)Nc2ccc(Cl)c(Cl)c2)cc1. The number of aliphatic carboxylic acids is 1. The first-order chi connectivity index (χ1) is 11.3. The molecule has 0 saturated carbocycles. The molecule has 1 atom stereocenters. The van der Waals surface area contributed by atoms with Crippen LogP contribution in [0.1, 0.15) is 23.6 Å². The van der Waals surface area contributed by atoms with Gasteiger partial charge in [0.15, 0.2) is 0 Å². The minimum Gasteiger partial charge on any atom is -0.550 e. The van der Waals surface area contributed by atoms with Crippen LogP contribution in [0.25, 0.3) is 0 Å². The lowest BCUT2D eigenvalue weighted by molar-refractivity contribution is -0.306. The van der Waals surface area contributed by atoms with E-state index in [1.54, 1.807) is 24.3 Å². The first-order valence-corrected chi connectivity index (χ1v) is 7.89. The summed E-state index contributed by atoms with van der Waals surface area (Å²) in [6.45, 7) is 1.92. The highest BCUT2D eigenvalue weighted by atomic mass is 35.5. The summed E-state index contributed by atoms with van der Waals surface area (Å²) in [6, 6.07) is 10.6. The summed E-state index contributed by atoms with van der Waals surface area (Å²) < 4.78 is 0. The van der Waals surface area contributed by atoms with Gasteiger partial charge in [-0.2, -0.15) is 0 Å². The van der Waals surface area contributed by atoms with Crippen molar-refractivity contribution in [3.05, 3.63) is 63.6 Å². The van der Waals surface area contributed by atoms with Crippen molar-refractivity contribution in [2.75, 3.05) is 5.32 Å². The van der Waals surface area contributed by atoms with Crippen LogP contribution in [-0.2, 0) is 4.79 Å². The Balaban J connectivity index is 2.10. The van der Waals surface area contributed by atoms with E-state index < -0.39 is 18.0 Å². The molecule has 0 spiro atoms. The fraction of sp³-hybridized carbons (Fsp3) is 0.176. The molecule has 2 amide bonds. The molecule has 7 heteroatoms. The van der Waals surface area contributed by atoms with Gasteiger partial charge in [0.25, 0.3) is 0 Å². The Morgan fingerprint density at radius 3 is 2.33 bits per heavy atom. The number of carboxylic acids is 1. The molecule has 0 radical (unpaired) electrons. The van der Waals surface area contributed by atoms with Crippen LogP contribution < -0.4 is 15.7 Å². The number of urea groups is 1. The van der Waals surface area contributed by atoms with Gasteiger partial charge in [-0.3, -0.25) is 0 Å². The molecular weight excluding hydrogens is 351 g/mol. The normalized spacial score (nSPS) is 11.6. The van der Waals surface area contributed by atoms with Crippen LogP contribution in [0.3, 0.4) is 0 Å². The first-order valence-electron chi connectivity index (χ1n) is 7.14. The largest absolute Gasteiger partial charge is 0.550 e. The van der Waals surface area contributed by atoms with Gasteiger partial charge in [0.2, 0.25) is 0 Å². The predicted octanol–water partition coefficient (Wildman–Crippen LogP) is 3.30. The number of hydrogen-bond acceptors (Lipinski definition) is 3. The van der Waals surface area contributed by atoms with Gasteiger partial charge in [0.05, 0.1) is 16.1 Å². The van der Waals surface area contributed by atoms with Crippen molar-refractivity contribution in [1.82, 2.24) is 5.32 Å². The average molecular weight is 366 g/mol. The van der Waals surface area contributed by atoms with Gasteiger partial charge in [-0.1, -0.05) is 53.0 Å². The number of nitrogens with one attached hydrogen (secondary N) is 2. The van der Waals surface area contributed by atoms with Crippen molar-refractivity contribution in [2.45, 2.75) is 19.4 Å². The van der Waals surface area contributed by atoms with Gasteiger partial charge >= 0.3 is 6.03 Å². The zero-order valence-electron chi connectivity index (χ0n) is 12.8. The van der Waals surface area contributed by atoms with Crippen LogP contribution >= 0.6 is 23.2 Å². The second-order valence-electron chi connectivity index (χ2n) is 5.27. The van der Waals surface area contributed by atoms with Gasteiger partial charge in [0.1, 0.15) is 0 Å². The number of anilines is 1. The molecule has 0 bridgehead atoms. The van der Waals surface area contributed by atoms with E-state index in [1.165, 1.54) is 6.07 Å². The molecular formula is C17H15Cl2N2O3-. The number of carbonyl (C=O) groups is 2. The number of halogens is 2. The van der Waals surface area contributed by atoms with Crippen molar-refractivity contribution in [1.29, 1.82) is 0 Å². The van der Waals surface area contributed by atoms with Crippen molar-refractivity contribution < 1.29 is 14.7 Å². The highest BCUT2D eigenvalue weighted by molar-refractivity contribution is 6.42. The Bertz CT molecular complexity index is 748. The Kier molecular flexibility index (Phi) is 6.06. The van der Waals surface area contributed by atoms with E-state index in [0.29, 0.717) is 21.3 Å². The maximum absolute atomic E-state index is 12.1. The van der Waals surface area contributed by atoms with E-state index in [2.05, 4.69) is 10.6 Å². The van der Waals surface area contributed by atoms with Crippen LogP contribution in [0.4, 0.5) is 10.5 Å². The number of benzene rings is 2. The summed E-state index contributed by atoms with van der Waals surface area (Å²) in [4.78, 5) is 23.1. The van der Waals surface area contributed by atoms with Crippen LogP contribution in [0.5, 0.6) is 0 Å². The summed E-state index contributed by atoms with van der Waals surface area (Å²) in [6.07, 6.45) is -0.335.